The molecule has 2 nitrogen and oxygen atoms in total. The van der Waals surface area contributed by atoms with Crippen LogP contribution >= 0.6 is 0 Å². The summed E-state index contributed by atoms with van der Waals surface area (Å²) in [6, 6.07) is 0. The van der Waals surface area contributed by atoms with Crippen molar-refractivity contribution >= 4 is 5.91 Å². The molecule has 1 aliphatic carbocycles. The lowest BCUT2D eigenvalue weighted by atomic mass is 9.77. The predicted molar refractivity (Wildman–Crippen MR) is 95.6 cm³/mol. The van der Waals surface area contributed by atoms with Crippen molar-refractivity contribution in [3.8, 4) is 0 Å². The minimum Gasteiger partial charge on any atom is -0.352 e. The average molecular weight is 303 g/mol. The topological polar surface area (TPSA) is 29.1 Å². The third kappa shape index (κ3) is 5.15. The Morgan fingerprint density at radius 3 is 2.18 bits per heavy atom. The van der Waals surface area contributed by atoms with Gasteiger partial charge in [0.25, 0.3) is 5.91 Å². The summed E-state index contributed by atoms with van der Waals surface area (Å²) in [6.45, 7) is 15.7. The molecule has 1 heterocycles. The number of carbonyl (C=O) groups is 1. The first-order chi connectivity index (χ1) is 10.2. The highest BCUT2D eigenvalue weighted by Gasteiger charge is 2.27. The Morgan fingerprint density at radius 1 is 1.05 bits per heavy atom. The Bertz CT molecular complexity index is 492. The zero-order valence-electron chi connectivity index (χ0n) is 15.4. The highest BCUT2D eigenvalue weighted by atomic mass is 16.1. The molecule has 0 spiro atoms. The van der Waals surface area contributed by atoms with E-state index >= 15 is 0 Å². The van der Waals surface area contributed by atoms with Gasteiger partial charge in [0, 0.05) is 22.9 Å². The highest BCUT2D eigenvalue weighted by molar-refractivity contribution is 5.98. The molecular formula is C20H33NO. The third-order valence-corrected chi connectivity index (χ3v) is 4.11. The van der Waals surface area contributed by atoms with Crippen LogP contribution in [0.5, 0.6) is 0 Å². The maximum atomic E-state index is 12.5. The normalized spacial score (nSPS) is 32.7. The summed E-state index contributed by atoms with van der Waals surface area (Å²) in [6.07, 6.45) is 11.0. The van der Waals surface area contributed by atoms with E-state index in [0.717, 1.165) is 25.0 Å². The molecule has 22 heavy (non-hydrogen) atoms. The zero-order valence-corrected chi connectivity index (χ0v) is 15.4. The summed E-state index contributed by atoms with van der Waals surface area (Å²) in [7, 11) is 0. The number of fused-ring (bicyclic) bond motifs is 1. The molecule has 124 valence electrons. The average Bonchev–Trinajstić information content (AvgIpc) is 2.45. The Hall–Kier alpha value is -1.31. The minimum atomic E-state index is -0.0890. The smallest absolute Gasteiger partial charge is 0.251 e. The van der Waals surface area contributed by atoms with Crippen LogP contribution in [0.4, 0.5) is 0 Å². The minimum absolute atomic E-state index is 0.00513. The van der Waals surface area contributed by atoms with Crippen LogP contribution in [0.2, 0.25) is 0 Å². The van der Waals surface area contributed by atoms with Gasteiger partial charge in [-0.2, -0.15) is 0 Å². The van der Waals surface area contributed by atoms with Gasteiger partial charge in [0.05, 0.1) is 0 Å². The maximum Gasteiger partial charge on any atom is 0.251 e. The van der Waals surface area contributed by atoms with Crippen LogP contribution in [0.25, 0.3) is 0 Å². The Balaban J connectivity index is 0.00000116. The van der Waals surface area contributed by atoms with Gasteiger partial charge in [0.1, 0.15) is 0 Å². The molecule has 2 aliphatic rings. The van der Waals surface area contributed by atoms with Crippen molar-refractivity contribution in [1.82, 2.24) is 5.32 Å². The molecule has 0 aromatic rings. The molecule has 1 amide bonds. The SMILES string of the molecule is CC.CC1CCC2=C/C(C)(C)/C=C\C(C)(C)/C=C\2C(=O)NC1. The fourth-order valence-corrected chi connectivity index (χ4v) is 2.80. The zero-order chi connectivity index (χ0) is 17.0. The molecule has 1 fully saturated rings. The van der Waals surface area contributed by atoms with E-state index in [9.17, 15) is 4.79 Å². The van der Waals surface area contributed by atoms with Crippen molar-refractivity contribution in [3.05, 3.63) is 35.5 Å². The molecule has 2 heteroatoms. The molecule has 0 aromatic carbocycles. The molecule has 0 saturated carbocycles. The van der Waals surface area contributed by atoms with E-state index in [1.807, 2.05) is 13.8 Å². The van der Waals surface area contributed by atoms with Gasteiger partial charge in [-0.1, -0.05) is 72.8 Å². The Kier molecular flexibility index (Phi) is 6.22. The molecule has 0 bridgehead atoms. The van der Waals surface area contributed by atoms with Gasteiger partial charge in [-0.15, -0.1) is 0 Å². The molecule has 0 aromatic heterocycles. The fraction of sp³-hybridized carbons (Fsp3) is 0.650. The number of nitrogens with one attached hydrogen (secondary N) is 1. The van der Waals surface area contributed by atoms with Crippen LogP contribution in [0, 0.1) is 16.7 Å². The highest BCUT2D eigenvalue weighted by Crippen LogP contribution is 2.35. The standard InChI is InChI=1S/C18H27NO.C2H6/c1-13-6-7-14-10-17(2,3)8-9-18(4,5)11-15(14)16(20)19-12-13;1-2/h8-11,13H,6-7,12H2,1-5H3,(H,19,20);1-2H3/b9-8-,14-10-,15-11+;. The summed E-state index contributed by atoms with van der Waals surface area (Å²) >= 11 is 0. The van der Waals surface area contributed by atoms with Gasteiger partial charge in [0.15, 0.2) is 0 Å². The summed E-state index contributed by atoms with van der Waals surface area (Å²) in [5, 5.41) is 3.07. The molecule has 1 aliphatic heterocycles. The Labute approximate surface area is 136 Å². The summed E-state index contributed by atoms with van der Waals surface area (Å²) in [5.41, 5.74) is 1.99. The molecule has 0 radical (unpaired) electrons. The van der Waals surface area contributed by atoms with Gasteiger partial charge in [-0.25, -0.2) is 0 Å². The number of allylic oxidation sites excluding steroid dienone is 4. The van der Waals surface area contributed by atoms with Crippen molar-refractivity contribution in [2.24, 2.45) is 16.7 Å². The second kappa shape index (κ2) is 7.30. The van der Waals surface area contributed by atoms with Gasteiger partial charge in [-0.3, -0.25) is 4.79 Å². The van der Waals surface area contributed by atoms with Crippen LogP contribution in [0.15, 0.2) is 35.5 Å². The van der Waals surface area contributed by atoms with Crippen LogP contribution in [0.3, 0.4) is 0 Å². The lowest BCUT2D eigenvalue weighted by Crippen LogP contribution is -2.33. The third-order valence-electron chi connectivity index (χ3n) is 4.11. The van der Waals surface area contributed by atoms with E-state index in [1.54, 1.807) is 0 Å². The van der Waals surface area contributed by atoms with E-state index in [2.05, 4.69) is 64.2 Å². The van der Waals surface area contributed by atoms with E-state index in [1.165, 1.54) is 5.57 Å². The maximum absolute atomic E-state index is 12.5. The van der Waals surface area contributed by atoms with E-state index < -0.39 is 0 Å². The largest absolute Gasteiger partial charge is 0.352 e. The van der Waals surface area contributed by atoms with Crippen molar-refractivity contribution < 1.29 is 4.79 Å². The second-order valence-electron chi connectivity index (χ2n) is 7.56. The molecule has 1 saturated heterocycles. The first-order valence-electron chi connectivity index (χ1n) is 8.62. The van der Waals surface area contributed by atoms with Crippen molar-refractivity contribution in [2.45, 2.75) is 61.3 Å². The number of amides is 1. The van der Waals surface area contributed by atoms with E-state index in [4.69, 9.17) is 0 Å². The van der Waals surface area contributed by atoms with Crippen molar-refractivity contribution in [2.75, 3.05) is 6.54 Å². The van der Waals surface area contributed by atoms with Gasteiger partial charge >= 0.3 is 0 Å². The molecule has 1 unspecified atom stereocenters. The van der Waals surface area contributed by atoms with E-state index in [-0.39, 0.29) is 16.7 Å². The Morgan fingerprint density at radius 2 is 1.59 bits per heavy atom. The predicted octanol–water partition coefficient (Wildman–Crippen LogP) is 5.03. The van der Waals surface area contributed by atoms with Crippen LogP contribution in [-0.4, -0.2) is 12.5 Å². The number of rotatable bonds is 0. The summed E-state index contributed by atoms with van der Waals surface area (Å²) in [4.78, 5) is 12.5. The quantitative estimate of drug-likeness (QED) is 0.624. The molecule has 1 atom stereocenters. The monoisotopic (exact) mass is 303 g/mol. The molecule has 1 N–H and O–H groups in total. The fourth-order valence-electron chi connectivity index (χ4n) is 2.80. The lowest BCUT2D eigenvalue weighted by Gasteiger charge is -2.29. The van der Waals surface area contributed by atoms with Gasteiger partial charge < -0.3 is 5.32 Å². The van der Waals surface area contributed by atoms with Gasteiger partial charge in [-0.05, 0) is 24.3 Å². The van der Waals surface area contributed by atoms with Crippen molar-refractivity contribution in [3.63, 3.8) is 0 Å². The van der Waals surface area contributed by atoms with Crippen LogP contribution in [-0.2, 0) is 4.79 Å². The van der Waals surface area contributed by atoms with Crippen LogP contribution < -0.4 is 5.32 Å². The van der Waals surface area contributed by atoms with Crippen molar-refractivity contribution in [1.29, 1.82) is 0 Å². The summed E-state index contributed by atoms with van der Waals surface area (Å²) in [5.74, 6) is 0.625. The number of hydrogen-bond donors (Lipinski definition) is 1. The first kappa shape index (κ1) is 18.7. The summed E-state index contributed by atoms with van der Waals surface area (Å²) < 4.78 is 0. The first-order valence-corrected chi connectivity index (χ1v) is 8.62. The molecular weight excluding hydrogens is 270 g/mol. The lowest BCUT2D eigenvalue weighted by molar-refractivity contribution is -0.117. The number of hydrogen-bond acceptors (Lipinski definition) is 1. The van der Waals surface area contributed by atoms with E-state index in [0.29, 0.717) is 5.92 Å². The molecule has 2 rings (SSSR count). The second-order valence-corrected chi connectivity index (χ2v) is 7.56. The number of carbonyl (C=O) groups excluding carboxylic acids is 1. The van der Waals surface area contributed by atoms with Crippen LogP contribution in [0.1, 0.15) is 61.3 Å². The van der Waals surface area contributed by atoms with Gasteiger partial charge in [0.2, 0.25) is 0 Å².